The Morgan fingerprint density at radius 2 is 1.61 bits per heavy atom. The highest BCUT2D eigenvalue weighted by molar-refractivity contribution is 6.02. The van der Waals surface area contributed by atoms with Gasteiger partial charge >= 0.3 is 11.9 Å². The number of allylic oxidation sites excluding steroid dienone is 2. The van der Waals surface area contributed by atoms with Crippen LogP contribution in [-0.4, -0.2) is 25.2 Å². The smallest absolute Gasteiger partial charge is 0.327 e. The van der Waals surface area contributed by atoms with Crippen LogP contribution in [0.25, 0.3) is 0 Å². The third-order valence-corrected chi connectivity index (χ3v) is 2.31. The SMILES string of the molecule is C=C(C)CC(/C=C/C)(C(=O)OCC)C(=O)OCC. The van der Waals surface area contributed by atoms with E-state index in [0.29, 0.717) is 5.57 Å². The maximum absolute atomic E-state index is 12.1. The van der Waals surface area contributed by atoms with Crippen molar-refractivity contribution in [2.24, 2.45) is 5.41 Å². The number of hydrogen-bond acceptors (Lipinski definition) is 4. The standard InChI is InChI=1S/C14H22O4/c1-6-9-14(10-11(4)5,12(15)17-7-2)13(16)18-8-3/h6,9H,4,7-8,10H2,1-3,5H3/b9-6+. The molecule has 4 heteroatoms. The summed E-state index contributed by atoms with van der Waals surface area (Å²) in [4.78, 5) is 24.2. The molecular weight excluding hydrogens is 232 g/mol. The summed E-state index contributed by atoms with van der Waals surface area (Å²) in [5, 5.41) is 0. The number of esters is 2. The minimum Gasteiger partial charge on any atom is -0.465 e. The van der Waals surface area contributed by atoms with E-state index in [-0.39, 0.29) is 19.6 Å². The second-order valence-electron chi connectivity index (χ2n) is 4.05. The van der Waals surface area contributed by atoms with Gasteiger partial charge in [0.25, 0.3) is 0 Å². The molecule has 0 aliphatic heterocycles. The van der Waals surface area contributed by atoms with Crippen molar-refractivity contribution in [1.29, 1.82) is 0 Å². The third-order valence-electron chi connectivity index (χ3n) is 2.31. The van der Waals surface area contributed by atoms with Crippen molar-refractivity contribution in [2.75, 3.05) is 13.2 Å². The average molecular weight is 254 g/mol. The molecule has 0 aromatic carbocycles. The van der Waals surface area contributed by atoms with Gasteiger partial charge in [-0.25, -0.2) is 0 Å². The van der Waals surface area contributed by atoms with Gasteiger partial charge in [-0.3, -0.25) is 9.59 Å². The Kier molecular flexibility index (Phi) is 7.01. The van der Waals surface area contributed by atoms with E-state index in [1.165, 1.54) is 6.08 Å². The van der Waals surface area contributed by atoms with Crippen LogP contribution in [0, 0.1) is 5.41 Å². The van der Waals surface area contributed by atoms with Gasteiger partial charge in [0, 0.05) is 0 Å². The molecule has 0 radical (unpaired) electrons. The highest BCUT2D eigenvalue weighted by Crippen LogP contribution is 2.31. The summed E-state index contributed by atoms with van der Waals surface area (Å²) in [6.07, 6.45) is 3.36. The number of carbonyl (C=O) groups excluding carboxylic acids is 2. The Morgan fingerprint density at radius 1 is 1.17 bits per heavy atom. The first-order valence-corrected chi connectivity index (χ1v) is 6.07. The lowest BCUT2D eigenvalue weighted by Gasteiger charge is -2.26. The Balaban J connectivity index is 5.47. The van der Waals surface area contributed by atoms with E-state index in [9.17, 15) is 9.59 Å². The molecule has 18 heavy (non-hydrogen) atoms. The highest BCUT2D eigenvalue weighted by Gasteiger charge is 2.46. The minimum absolute atomic E-state index is 0.189. The van der Waals surface area contributed by atoms with Crippen molar-refractivity contribution < 1.29 is 19.1 Å². The number of hydrogen-bond donors (Lipinski definition) is 0. The van der Waals surface area contributed by atoms with Gasteiger partial charge in [0.1, 0.15) is 0 Å². The fourth-order valence-corrected chi connectivity index (χ4v) is 1.70. The van der Waals surface area contributed by atoms with Crippen LogP contribution >= 0.6 is 0 Å². The molecule has 0 atom stereocenters. The van der Waals surface area contributed by atoms with Crippen molar-refractivity contribution in [3.8, 4) is 0 Å². The molecular formula is C14H22O4. The number of carbonyl (C=O) groups is 2. The zero-order valence-electron chi connectivity index (χ0n) is 11.6. The summed E-state index contributed by atoms with van der Waals surface area (Å²) in [7, 11) is 0. The lowest BCUT2D eigenvalue weighted by molar-refractivity contribution is -0.167. The number of rotatable bonds is 7. The van der Waals surface area contributed by atoms with E-state index in [0.717, 1.165) is 0 Å². The lowest BCUT2D eigenvalue weighted by Crippen LogP contribution is -2.40. The van der Waals surface area contributed by atoms with Gasteiger partial charge in [-0.2, -0.15) is 0 Å². The van der Waals surface area contributed by atoms with Gasteiger partial charge in [-0.1, -0.05) is 17.7 Å². The molecule has 0 aliphatic rings. The van der Waals surface area contributed by atoms with Crippen LogP contribution < -0.4 is 0 Å². The first-order chi connectivity index (χ1) is 8.44. The Morgan fingerprint density at radius 3 is 1.89 bits per heavy atom. The van der Waals surface area contributed by atoms with Crippen molar-refractivity contribution in [1.82, 2.24) is 0 Å². The second kappa shape index (κ2) is 7.69. The molecule has 0 spiro atoms. The molecule has 0 aliphatic carbocycles. The molecule has 0 bridgehead atoms. The molecule has 0 amide bonds. The Labute approximate surface area is 109 Å². The molecule has 0 unspecified atom stereocenters. The predicted octanol–water partition coefficient (Wildman–Crippen LogP) is 2.64. The summed E-state index contributed by atoms with van der Waals surface area (Å²) in [5.74, 6) is -1.19. The molecule has 0 N–H and O–H groups in total. The van der Waals surface area contributed by atoms with Crippen molar-refractivity contribution >= 4 is 11.9 Å². The average Bonchev–Trinajstić information content (AvgIpc) is 2.28. The lowest BCUT2D eigenvalue weighted by atomic mass is 9.81. The first kappa shape index (κ1) is 16.4. The molecule has 0 fully saturated rings. The summed E-state index contributed by atoms with van der Waals surface area (Å²) < 4.78 is 9.99. The van der Waals surface area contributed by atoms with E-state index < -0.39 is 17.4 Å². The van der Waals surface area contributed by atoms with E-state index in [1.54, 1.807) is 33.8 Å². The van der Waals surface area contributed by atoms with Gasteiger partial charge in [-0.05, 0) is 34.1 Å². The first-order valence-electron chi connectivity index (χ1n) is 6.07. The quantitative estimate of drug-likeness (QED) is 0.398. The maximum Gasteiger partial charge on any atom is 0.327 e. The fourth-order valence-electron chi connectivity index (χ4n) is 1.70. The van der Waals surface area contributed by atoms with Gasteiger partial charge in [0.2, 0.25) is 0 Å². The fraction of sp³-hybridized carbons (Fsp3) is 0.571. The van der Waals surface area contributed by atoms with Crippen LogP contribution in [0.2, 0.25) is 0 Å². The molecule has 102 valence electrons. The summed E-state index contributed by atoms with van der Waals surface area (Å²) in [5.41, 5.74) is -0.693. The zero-order chi connectivity index (χ0) is 14.2. The molecule has 0 aromatic rings. The Hall–Kier alpha value is -1.58. The number of ether oxygens (including phenoxy) is 2. The molecule has 0 saturated carbocycles. The predicted molar refractivity (Wildman–Crippen MR) is 69.9 cm³/mol. The van der Waals surface area contributed by atoms with Crippen molar-refractivity contribution in [2.45, 2.75) is 34.1 Å². The van der Waals surface area contributed by atoms with Gasteiger partial charge in [0.05, 0.1) is 13.2 Å². The van der Waals surface area contributed by atoms with Crippen LogP contribution in [0.4, 0.5) is 0 Å². The molecule has 0 heterocycles. The summed E-state index contributed by atoms with van der Waals surface area (Å²) in [6, 6.07) is 0. The Bertz CT molecular complexity index is 324. The summed E-state index contributed by atoms with van der Waals surface area (Å²) >= 11 is 0. The van der Waals surface area contributed by atoms with E-state index in [2.05, 4.69) is 6.58 Å². The topological polar surface area (TPSA) is 52.6 Å². The van der Waals surface area contributed by atoms with Crippen LogP contribution in [0.15, 0.2) is 24.3 Å². The van der Waals surface area contributed by atoms with Gasteiger partial charge in [-0.15, -0.1) is 6.58 Å². The minimum atomic E-state index is -1.41. The van der Waals surface area contributed by atoms with Crippen LogP contribution in [0.3, 0.4) is 0 Å². The van der Waals surface area contributed by atoms with Crippen LogP contribution in [-0.2, 0) is 19.1 Å². The van der Waals surface area contributed by atoms with Crippen molar-refractivity contribution in [3.05, 3.63) is 24.3 Å². The van der Waals surface area contributed by atoms with Gasteiger partial charge in [0.15, 0.2) is 5.41 Å². The largest absolute Gasteiger partial charge is 0.465 e. The van der Waals surface area contributed by atoms with E-state index in [1.807, 2.05) is 0 Å². The van der Waals surface area contributed by atoms with E-state index >= 15 is 0 Å². The third kappa shape index (κ3) is 4.02. The van der Waals surface area contributed by atoms with Crippen molar-refractivity contribution in [3.63, 3.8) is 0 Å². The molecule has 4 nitrogen and oxygen atoms in total. The van der Waals surface area contributed by atoms with E-state index in [4.69, 9.17) is 9.47 Å². The van der Waals surface area contributed by atoms with Gasteiger partial charge < -0.3 is 9.47 Å². The summed E-state index contributed by atoms with van der Waals surface area (Å²) in [6.45, 7) is 11.1. The van der Waals surface area contributed by atoms with Crippen LogP contribution in [0.5, 0.6) is 0 Å². The molecule has 0 aromatic heterocycles. The zero-order valence-corrected chi connectivity index (χ0v) is 11.6. The molecule has 0 rings (SSSR count). The normalized spacial score (nSPS) is 11.3. The molecule has 0 saturated heterocycles. The second-order valence-corrected chi connectivity index (χ2v) is 4.05. The maximum atomic E-state index is 12.1. The highest BCUT2D eigenvalue weighted by atomic mass is 16.6. The monoisotopic (exact) mass is 254 g/mol. The van der Waals surface area contributed by atoms with Crippen LogP contribution in [0.1, 0.15) is 34.1 Å².